The van der Waals surface area contributed by atoms with Crippen molar-refractivity contribution in [2.45, 2.75) is 19.1 Å². The highest BCUT2D eigenvalue weighted by atomic mass is 16.6. The zero-order chi connectivity index (χ0) is 20.8. The number of amides is 1. The van der Waals surface area contributed by atoms with Crippen molar-refractivity contribution in [1.82, 2.24) is 9.88 Å². The lowest BCUT2D eigenvalue weighted by atomic mass is 10.0. The molecule has 0 fully saturated rings. The SMILES string of the molecule is COC(=O)C(Cc1cn(C)c2cccc(OC)c12)NC(=O)OCc1ccccc1. The van der Waals surface area contributed by atoms with Crippen molar-refractivity contribution >= 4 is 23.0 Å². The molecule has 152 valence electrons. The molecule has 1 atom stereocenters. The number of rotatable bonds is 7. The third-order valence-electron chi connectivity index (χ3n) is 4.69. The molecule has 1 unspecified atom stereocenters. The van der Waals surface area contributed by atoms with Gasteiger partial charge in [-0.25, -0.2) is 9.59 Å². The second-order valence-electron chi connectivity index (χ2n) is 6.61. The van der Waals surface area contributed by atoms with Crippen molar-refractivity contribution in [3.05, 3.63) is 65.9 Å². The van der Waals surface area contributed by atoms with Crippen molar-refractivity contribution in [2.75, 3.05) is 14.2 Å². The molecule has 0 aliphatic carbocycles. The first-order valence-electron chi connectivity index (χ1n) is 9.19. The lowest BCUT2D eigenvalue weighted by molar-refractivity contribution is -0.143. The molecular formula is C22H24N2O5. The summed E-state index contributed by atoms with van der Waals surface area (Å²) in [6.45, 7) is 0.114. The summed E-state index contributed by atoms with van der Waals surface area (Å²) in [5, 5.41) is 3.51. The lowest BCUT2D eigenvalue weighted by Crippen LogP contribution is -2.43. The first-order valence-corrected chi connectivity index (χ1v) is 9.19. The van der Waals surface area contributed by atoms with E-state index in [0.717, 1.165) is 22.0 Å². The van der Waals surface area contributed by atoms with Crippen LogP contribution in [0, 0.1) is 0 Å². The fourth-order valence-electron chi connectivity index (χ4n) is 3.29. The third kappa shape index (κ3) is 4.68. The first kappa shape index (κ1) is 20.3. The van der Waals surface area contributed by atoms with Crippen LogP contribution in [0.1, 0.15) is 11.1 Å². The Morgan fingerprint density at radius 2 is 1.83 bits per heavy atom. The van der Waals surface area contributed by atoms with Crippen LogP contribution < -0.4 is 10.1 Å². The predicted molar refractivity (Wildman–Crippen MR) is 109 cm³/mol. The van der Waals surface area contributed by atoms with Crippen LogP contribution in [-0.2, 0) is 34.3 Å². The number of aryl methyl sites for hydroxylation is 1. The minimum atomic E-state index is -0.890. The molecule has 1 heterocycles. The van der Waals surface area contributed by atoms with Crippen molar-refractivity contribution in [1.29, 1.82) is 0 Å². The molecule has 7 nitrogen and oxygen atoms in total. The fourth-order valence-corrected chi connectivity index (χ4v) is 3.29. The molecule has 1 N–H and O–H groups in total. The summed E-state index contributed by atoms with van der Waals surface area (Å²) in [4.78, 5) is 24.6. The quantitative estimate of drug-likeness (QED) is 0.621. The number of alkyl carbamates (subject to hydrolysis) is 1. The van der Waals surface area contributed by atoms with Gasteiger partial charge in [0.2, 0.25) is 0 Å². The standard InChI is InChI=1S/C22H24N2O5/c1-24-13-16(20-18(24)10-7-11-19(20)27-2)12-17(21(25)28-3)23-22(26)29-14-15-8-5-4-6-9-15/h4-11,13,17H,12,14H2,1-3H3,(H,23,26). The van der Waals surface area contributed by atoms with Gasteiger partial charge in [-0.05, 0) is 23.3 Å². The molecule has 1 aromatic heterocycles. The summed E-state index contributed by atoms with van der Waals surface area (Å²) >= 11 is 0. The topological polar surface area (TPSA) is 78.8 Å². The van der Waals surface area contributed by atoms with Crippen molar-refractivity contribution < 1.29 is 23.8 Å². The van der Waals surface area contributed by atoms with Gasteiger partial charge in [-0.2, -0.15) is 0 Å². The molecule has 0 saturated heterocycles. The molecule has 29 heavy (non-hydrogen) atoms. The monoisotopic (exact) mass is 396 g/mol. The van der Waals surface area contributed by atoms with Crippen LogP contribution >= 0.6 is 0 Å². The number of methoxy groups -OCH3 is 2. The summed E-state index contributed by atoms with van der Waals surface area (Å²) in [7, 11) is 4.80. The van der Waals surface area contributed by atoms with Crippen LogP contribution in [0.4, 0.5) is 4.79 Å². The van der Waals surface area contributed by atoms with E-state index in [1.807, 2.05) is 66.3 Å². The Hall–Kier alpha value is -3.48. The zero-order valence-electron chi connectivity index (χ0n) is 16.7. The minimum Gasteiger partial charge on any atom is -0.496 e. The van der Waals surface area contributed by atoms with Gasteiger partial charge in [0, 0.05) is 25.1 Å². The highest BCUT2D eigenvalue weighted by molar-refractivity contribution is 5.91. The van der Waals surface area contributed by atoms with E-state index in [9.17, 15) is 9.59 Å². The van der Waals surface area contributed by atoms with Gasteiger partial charge >= 0.3 is 12.1 Å². The van der Waals surface area contributed by atoms with Crippen molar-refractivity contribution in [3.8, 4) is 5.75 Å². The van der Waals surface area contributed by atoms with Crippen LogP contribution in [0.5, 0.6) is 5.75 Å². The van der Waals surface area contributed by atoms with E-state index in [0.29, 0.717) is 5.75 Å². The van der Waals surface area contributed by atoms with Crippen LogP contribution in [-0.4, -0.2) is 36.9 Å². The average molecular weight is 396 g/mol. The Kier molecular flexibility index (Phi) is 6.39. The van der Waals surface area contributed by atoms with E-state index in [1.165, 1.54) is 7.11 Å². The summed E-state index contributed by atoms with van der Waals surface area (Å²) in [5.74, 6) is 0.155. The molecule has 0 bridgehead atoms. The Labute approximate surface area is 169 Å². The predicted octanol–water partition coefficient (Wildman–Crippen LogP) is 3.20. The zero-order valence-corrected chi connectivity index (χ0v) is 16.7. The molecular weight excluding hydrogens is 372 g/mol. The molecule has 0 aliphatic rings. The Balaban J connectivity index is 1.77. The Bertz CT molecular complexity index is 997. The van der Waals surface area contributed by atoms with E-state index >= 15 is 0 Å². The first-order chi connectivity index (χ1) is 14.0. The number of aromatic nitrogens is 1. The van der Waals surface area contributed by atoms with Crippen LogP contribution in [0.2, 0.25) is 0 Å². The highest BCUT2D eigenvalue weighted by Crippen LogP contribution is 2.31. The largest absolute Gasteiger partial charge is 0.496 e. The maximum Gasteiger partial charge on any atom is 0.408 e. The Morgan fingerprint density at radius 1 is 1.07 bits per heavy atom. The number of esters is 1. The molecule has 0 saturated carbocycles. The van der Waals surface area contributed by atoms with Crippen LogP contribution in [0.15, 0.2) is 54.7 Å². The van der Waals surface area contributed by atoms with Gasteiger partial charge in [0.25, 0.3) is 0 Å². The number of fused-ring (bicyclic) bond motifs is 1. The molecule has 3 aromatic rings. The van der Waals surface area contributed by atoms with E-state index in [2.05, 4.69) is 5.32 Å². The molecule has 7 heteroatoms. The average Bonchev–Trinajstić information content (AvgIpc) is 3.07. The van der Waals surface area contributed by atoms with Gasteiger partial charge in [-0.1, -0.05) is 36.4 Å². The van der Waals surface area contributed by atoms with Gasteiger partial charge < -0.3 is 24.1 Å². The van der Waals surface area contributed by atoms with Gasteiger partial charge in [-0.3, -0.25) is 0 Å². The second-order valence-corrected chi connectivity index (χ2v) is 6.61. The lowest BCUT2D eigenvalue weighted by Gasteiger charge is -2.16. The van der Waals surface area contributed by atoms with Gasteiger partial charge in [0.1, 0.15) is 18.4 Å². The van der Waals surface area contributed by atoms with Crippen molar-refractivity contribution in [2.24, 2.45) is 7.05 Å². The number of nitrogens with one attached hydrogen (secondary N) is 1. The minimum absolute atomic E-state index is 0.114. The van der Waals surface area contributed by atoms with Gasteiger partial charge in [-0.15, -0.1) is 0 Å². The third-order valence-corrected chi connectivity index (χ3v) is 4.69. The smallest absolute Gasteiger partial charge is 0.408 e. The summed E-state index contributed by atoms with van der Waals surface area (Å²) in [6.07, 6.45) is 1.47. The van der Waals surface area contributed by atoms with E-state index in [1.54, 1.807) is 7.11 Å². The van der Waals surface area contributed by atoms with E-state index < -0.39 is 18.1 Å². The number of hydrogen-bond acceptors (Lipinski definition) is 5. The molecule has 3 rings (SSSR count). The molecule has 0 radical (unpaired) electrons. The number of carbonyl (C=O) groups excluding carboxylic acids is 2. The van der Waals surface area contributed by atoms with Gasteiger partial charge in [0.15, 0.2) is 0 Å². The molecule has 2 aromatic carbocycles. The van der Waals surface area contributed by atoms with Crippen LogP contribution in [0.25, 0.3) is 10.9 Å². The number of ether oxygens (including phenoxy) is 3. The van der Waals surface area contributed by atoms with Crippen LogP contribution in [0.3, 0.4) is 0 Å². The van der Waals surface area contributed by atoms with Crippen molar-refractivity contribution in [3.63, 3.8) is 0 Å². The number of nitrogens with zero attached hydrogens (tertiary/aromatic N) is 1. The van der Waals surface area contributed by atoms with E-state index in [4.69, 9.17) is 14.2 Å². The summed E-state index contributed by atoms with van der Waals surface area (Å²) in [5.41, 5.74) is 2.68. The molecule has 0 spiro atoms. The van der Waals surface area contributed by atoms with E-state index in [-0.39, 0.29) is 13.0 Å². The normalized spacial score (nSPS) is 11.7. The Morgan fingerprint density at radius 3 is 2.52 bits per heavy atom. The number of hydrogen-bond donors (Lipinski definition) is 1. The summed E-state index contributed by atoms with van der Waals surface area (Å²) < 4.78 is 17.5. The molecule has 0 aliphatic heterocycles. The molecule has 1 amide bonds. The second kappa shape index (κ2) is 9.14. The van der Waals surface area contributed by atoms with Gasteiger partial charge in [0.05, 0.1) is 19.7 Å². The maximum absolute atomic E-state index is 12.3. The fraction of sp³-hybridized carbons (Fsp3) is 0.273. The number of benzene rings is 2. The highest BCUT2D eigenvalue weighted by Gasteiger charge is 2.25. The maximum atomic E-state index is 12.3. The number of carbonyl (C=O) groups is 2. The summed E-state index contributed by atoms with van der Waals surface area (Å²) in [6, 6.07) is 14.2.